The number of aromatic nitrogens is 2. The number of carbonyl (C=O) groups is 1. The summed E-state index contributed by atoms with van der Waals surface area (Å²) in [5.41, 5.74) is 3.08. The Bertz CT molecular complexity index is 722. The van der Waals surface area contributed by atoms with Crippen LogP contribution in [0.1, 0.15) is 33.9 Å². The standard InChI is InChI=1S/C17H18ClN3O/c1-12(18)10-21(17(22)14-9-19-20(2)11-14)16-8-7-13-5-3-4-6-15(13)16/h3-6,9,11,16H,1,7-8,10H2,2H3. The highest BCUT2D eigenvalue weighted by atomic mass is 35.5. The Hall–Kier alpha value is -2.07. The molecule has 0 N–H and O–H groups in total. The lowest BCUT2D eigenvalue weighted by Gasteiger charge is -2.29. The summed E-state index contributed by atoms with van der Waals surface area (Å²) in [6, 6.07) is 8.30. The average molecular weight is 316 g/mol. The van der Waals surface area contributed by atoms with Crippen molar-refractivity contribution in [3.63, 3.8) is 0 Å². The molecule has 0 fully saturated rings. The molecule has 2 aromatic rings. The summed E-state index contributed by atoms with van der Waals surface area (Å²) in [5.74, 6) is -0.0587. The van der Waals surface area contributed by atoms with E-state index in [1.807, 2.05) is 12.1 Å². The second kappa shape index (κ2) is 5.97. The normalized spacial score (nSPS) is 16.4. The van der Waals surface area contributed by atoms with Crippen molar-refractivity contribution in [2.45, 2.75) is 18.9 Å². The molecule has 0 aliphatic heterocycles. The zero-order valence-electron chi connectivity index (χ0n) is 12.5. The molecule has 1 aromatic carbocycles. The van der Waals surface area contributed by atoms with Gasteiger partial charge in [0, 0.05) is 18.3 Å². The van der Waals surface area contributed by atoms with Crippen LogP contribution in [-0.2, 0) is 13.5 Å². The lowest BCUT2D eigenvalue weighted by Crippen LogP contribution is -2.35. The summed E-state index contributed by atoms with van der Waals surface area (Å²) in [5, 5.41) is 4.54. The van der Waals surface area contributed by atoms with E-state index < -0.39 is 0 Å². The van der Waals surface area contributed by atoms with Crippen molar-refractivity contribution in [3.8, 4) is 0 Å². The van der Waals surface area contributed by atoms with Gasteiger partial charge < -0.3 is 4.90 Å². The molecule has 1 heterocycles. The highest BCUT2D eigenvalue weighted by Gasteiger charge is 2.31. The smallest absolute Gasteiger partial charge is 0.257 e. The van der Waals surface area contributed by atoms with Crippen LogP contribution in [0, 0.1) is 0 Å². The molecule has 1 aliphatic carbocycles. The Kier molecular flexibility index (Phi) is 4.03. The van der Waals surface area contributed by atoms with Crippen LogP contribution in [0.15, 0.2) is 48.3 Å². The van der Waals surface area contributed by atoms with E-state index in [0.29, 0.717) is 17.1 Å². The van der Waals surface area contributed by atoms with Crippen LogP contribution in [-0.4, -0.2) is 27.1 Å². The maximum Gasteiger partial charge on any atom is 0.257 e. The van der Waals surface area contributed by atoms with Crippen LogP contribution >= 0.6 is 11.6 Å². The summed E-state index contributed by atoms with van der Waals surface area (Å²) in [6.07, 6.45) is 5.21. The summed E-state index contributed by atoms with van der Waals surface area (Å²) in [6.45, 7) is 4.10. The maximum absolute atomic E-state index is 12.9. The molecule has 0 saturated heterocycles. The summed E-state index contributed by atoms with van der Waals surface area (Å²) in [4.78, 5) is 14.7. The third kappa shape index (κ3) is 2.79. The first kappa shape index (κ1) is 14.9. The Morgan fingerprint density at radius 1 is 1.50 bits per heavy atom. The van der Waals surface area contributed by atoms with Gasteiger partial charge in [-0.3, -0.25) is 9.48 Å². The quantitative estimate of drug-likeness (QED) is 0.868. The molecule has 0 saturated carbocycles. The summed E-state index contributed by atoms with van der Waals surface area (Å²) < 4.78 is 1.63. The first-order valence-corrected chi connectivity index (χ1v) is 7.64. The van der Waals surface area contributed by atoms with Crippen LogP contribution < -0.4 is 0 Å². The van der Waals surface area contributed by atoms with Gasteiger partial charge in [-0.2, -0.15) is 5.10 Å². The fourth-order valence-electron chi connectivity index (χ4n) is 3.06. The van der Waals surface area contributed by atoms with Gasteiger partial charge in [0.15, 0.2) is 0 Å². The van der Waals surface area contributed by atoms with Crippen LogP contribution in [0.25, 0.3) is 0 Å². The molecule has 5 heteroatoms. The predicted molar refractivity (Wildman–Crippen MR) is 86.7 cm³/mol. The van der Waals surface area contributed by atoms with Crippen LogP contribution in [0.5, 0.6) is 0 Å². The highest BCUT2D eigenvalue weighted by molar-refractivity contribution is 6.29. The SMILES string of the molecule is C=C(Cl)CN(C(=O)c1cnn(C)c1)C1CCc2ccccc21. The Morgan fingerprint density at radius 2 is 2.27 bits per heavy atom. The van der Waals surface area contributed by atoms with Gasteiger partial charge in [0.05, 0.1) is 24.3 Å². The molecule has 1 atom stereocenters. The monoisotopic (exact) mass is 315 g/mol. The lowest BCUT2D eigenvalue weighted by molar-refractivity contribution is 0.0699. The van der Waals surface area contributed by atoms with Crippen molar-refractivity contribution < 1.29 is 4.79 Å². The number of halogens is 1. The summed E-state index contributed by atoms with van der Waals surface area (Å²) >= 11 is 6.01. The fraction of sp³-hybridized carbons (Fsp3) is 0.294. The van der Waals surface area contributed by atoms with Crippen LogP contribution in [0.4, 0.5) is 0 Å². The molecule has 1 amide bonds. The Balaban J connectivity index is 1.94. The zero-order chi connectivity index (χ0) is 15.7. The minimum Gasteiger partial charge on any atom is -0.326 e. The molecule has 1 aliphatic rings. The molecule has 0 bridgehead atoms. The van der Waals surface area contributed by atoms with Crippen LogP contribution in [0.3, 0.4) is 0 Å². The zero-order valence-corrected chi connectivity index (χ0v) is 13.3. The molecule has 1 aromatic heterocycles. The van der Waals surface area contributed by atoms with Gasteiger partial charge in [0.1, 0.15) is 0 Å². The number of fused-ring (bicyclic) bond motifs is 1. The molecular formula is C17H18ClN3O. The number of hydrogen-bond acceptors (Lipinski definition) is 2. The molecular weight excluding hydrogens is 298 g/mol. The topological polar surface area (TPSA) is 38.1 Å². The molecule has 0 spiro atoms. The van der Waals surface area contributed by atoms with E-state index in [2.05, 4.69) is 23.8 Å². The largest absolute Gasteiger partial charge is 0.326 e. The minimum absolute atomic E-state index is 0.0411. The number of rotatable bonds is 4. The Labute approximate surface area is 135 Å². The Morgan fingerprint density at radius 3 is 2.95 bits per heavy atom. The van der Waals surface area contributed by atoms with E-state index in [1.165, 1.54) is 11.1 Å². The van der Waals surface area contributed by atoms with Crippen molar-refractivity contribution in [1.82, 2.24) is 14.7 Å². The number of aryl methyl sites for hydroxylation is 2. The van der Waals surface area contributed by atoms with Crippen molar-refractivity contribution in [2.75, 3.05) is 6.54 Å². The number of benzene rings is 1. The van der Waals surface area contributed by atoms with E-state index in [1.54, 1.807) is 29.0 Å². The van der Waals surface area contributed by atoms with E-state index in [9.17, 15) is 4.79 Å². The first-order valence-electron chi connectivity index (χ1n) is 7.27. The van der Waals surface area contributed by atoms with Crippen molar-refractivity contribution in [1.29, 1.82) is 0 Å². The van der Waals surface area contributed by atoms with Crippen LogP contribution in [0.2, 0.25) is 0 Å². The minimum atomic E-state index is -0.0587. The number of amides is 1. The van der Waals surface area contributed by atoms with E-state index >= 15 is 0 Å². The summed E-state index contributed by atoms with van der Waals surface area (Å²) in [7, 11) is 1.80. The maximum atomic E-state index is 12.9. The van der Waals surface area contributed by atoms with Crippen molar-refractivity contribution in [3.05, 3.63) is 65.0 Å². The predicted octanol–water partition coefficient (Wildman–Crippen LogP) is 3.30. The van der Waals surface area contributed by atoms with E-state index in [4.69, 9.17) is 11.6 Å². The van der Waals surface area contributed by atoms with Gasteiger partial charge in [-0.05, 0) is 24.0 Å². The highest BCUT2D eigenvalue weighted by Crippen LogP contribution is 2.36. The van der Waals surface area contributed by atoms with Crippen molar-refractivity contribution in [2.24, 2.45) is 7.05 Å². The first-order chi connectivity index (χ1) is 10.6. The third-order valence-electron chi connectivity index (χ3n) is 4.03. The van der Waals surface area contributed by atoms with E-state index in [0.717, 1.165) is 12.8 Å². The second-order valence-electron chi connectivity index (χ2n) is 5.61. The average Bonchev–Trinajstić information content (AvgIpc) is 3.10. The molecule has 3 rings (SSSR count). The number of hydrogen-bond donors (Lipinski definition) is 0. The van der Waals surface area contributed by atoms with E-state index in [-0.39, 0.29) is 11.9 Å². The van der Waals surface area contributed by atoms with Gasteiger partial charge >= 0.3 is 0 Å². The lowest BCUT2D eigenvalue weighted by atomic mass is 10.1. The molecule has 22 heavy (non-hydrogen) atoms. The van der Waals surface area contributed by atoms with Gasteiger partial charge in [-0.15, -0.1) is 0 Å². The number of nitrogens with zero attached hydrogens (tertiary/aromatic N) is 3. The molecule has 4 nitrogen and oxygen atoms in total. The van der Waals surface area contributed by atoms with Gasteiger partial charge in [0.2, 0.25) is 0 Å². The van der Waals surface area contributed by atoms with Gasteiger partial charge in [-0.1, -0.05) is 42.4 Å². The molecule has 114 valence electrons. The fourth-order valence-corrected chi connectivity index (χ4v) is 3.19. The van der Waals surface area contributed by atoms with Gasteiger partial charge in [0.25, 0.3) is 5.91 Å². The molecule has 1 unspecified atom stereocenters. The van der Waals surface area contributed by atoms with Crippen molar-refractivity contribution >= 4 is 17.5 Å². The van der Waals surface area contributed by atoms with Gasteiger partial charge in [-0.25, -0.2) is 0 Å². The third-order valence-corrected chi connectivity index (χ3v) is 4.15. The second-order valence-corrected chi connectivity index (χ2v) is 6.14. The molecule has 0 radical (unpaired) electrons. The number of carbonyl (C=O) groups excluding carboxylic acids is 1.